The smallest absolute Gasteiger partial charge is 0.307 e. The molecule has 0 saturated heterocycles. The highest BCUT2D eigenvalue weighted by Crippen LogP contribution is 2.18. The van der Waals surface area contributed by atoms with E-state index in [1.165, 1.54) is 16.0 Å². The molecular formula is C16H19NO2S. The van der Waals surface area contributed by atoms with E-state index in [0.717, 1.165) is 18.7 Å². The lowest BCUT2D eigenvalue weighted by Gasteiger charge is -2.16. The summed E-state index contributed by atoms with van der Waals surface area (Å²) >= 11 is 1.79. The number of hydrogen-bond donors (Lipinski definition) is 1. The number of benzene rings is 1. The molecule has 0 saturated carbocycles. The van der Waals surface area contributed by atoms with E-state index in [0.29, 0.717) is 0 Å². The first-order valence-electron chi connectivity index (χ1n) is 6.55. The molecule has 20 heavy (non-hydrogen) atoms. The third-order valence-corrected chi connectivity index (χ3v) is 4.22. The predicted molar refractivity (Wildman–Crippen MR) is 82.0 cm³/mol. The largest absolute Gasteiger partial charge is 0.481 e. The first-order chi connectivity index (χ1) is 9.54. The minimum Gasteiger partial charge on any atom is -0.481 e. The maximum Gasteiger partial charge on any atom is 0.307 e. The van der Waals surface area contributed by atoms with Gasteiger partial charge in [-0.3, -0.25) is 9.69 Å². The van der Waals surface area contributed by atoms with Crippen LogP contribution in [0.1, 0.15) is 21.6 Å². The number of aryl methyl sites for hydroxylation is 1. The Bertz CT molecular complexity index is 574. The molecule has 0 amide bonds. The highest BCUT2D eigenvalue weighted by atomic mass is 32.1. The Morgan fingerprint density at radius 1 is 1.15 bits per heavy atom. The molecule has 1 heterocycles. The maximum atomic E-state index is 10.6. The number of carboxylic acids is 1. The second kappa shape index (κ2) is 6.68. The third kappa shape index (κ3) is 4.18. The van der Waals surface area contributed by atoms with E-state index in [4.69, 9.17) is 5.11 Å². The topological polar surface area (TPSA) is 40.5 Å². The van der Waals surface area contributed by atoms with Crippen molar-refractivity contribution in [2.24, 2.45) is 0 Å². The zero-order valence-electron chi connectivity index (χ0n) is 11.8. The molecule has 0 bridgehead atoms. The van der Waals surface area contributed by atoms with Crippen molar-refractivity contribution >= 4 is 17.3 Å². The standard InChI is InChI=1S/C16H19NO2S/c1-12-7-8-20-15(12)11-17(2)10-14-5-3-13(4-6-14)9-16(18)19/h3-8H,9-11H2,1-2H3,(H,18,19). The van der Waals surface area contributed by atoms with Gasteiger partial charge in [0.05, 0.1) is 6.42 Å². The normalized spacial score (nSPS) is 10.9. The van der Waals surface area contributed by atoms with Crippen molar-refractivity contribution in [2.75, 3.05) is 7.05 Å². The summed E-state index contributed by atoms with van der Waals surface area (Å²) in [6, 6.07) is 9.96. The first-order valence-corrected chi connectivity index (χ1v) is 7.43. The van der Waals surface area contributed by atoms with Crippen molar-refractivity contribution in [1.82, 2.24) is 4.90 Å². The van der Waals surface area contributed by atoms with Crippen LogP contribution in [0.5, 0.6) is 0 Å². The molecule has 0 aliphatic heterocycles. The lowest BCUT2D eigenvalue weighted by atomic mass is 10.1. The Morgan fingerprint density at radius 2 is 1.80 bits per heavy atom. The molecule has 0 aliphatic rings. The Morgan fingerprint density at radius 3 is 2.35 bits per heavy atom. The van der Waals surface area contributed by atoms with E-state index in [1.54, 1.807) is 11.3 Å². The van der Waals surface area contributed by atoms with Crippen molar-refractivity contribution < 1.29 is 9.90 Å². The SMILES string of the molecule is Cc1ccsc1CN(C)Cc1ccc(CC(=O)O)cc1. The molecule has 4 heteroatoms. The van der Waals surface area contributed by atoms with Gasteiger partial charge in [-0.05, 0) is 42.1 Å². The fraction of sp³-hybridized carbons (Fsp3) is 0.312. The first kappa shape index (κ1) is 14.8. The van der Waals surface area contributed by atoms with Gasteiger partial charge < -0.3 is 5.11 Å². The molecule has 2 rings (SSSR count). The molecule has 0 fully saturated rings. The Hall–Kier alpha value is -1.65. The lowest BCUT2D eigenvalue weighted by molar-refractivity contribution is -0.136. The maximum absolute atomic E-state index is 10.6. The van der Waals surface area contributed by atoms with E-state index in [-0.39, 0.29) is 6.42 Å². The number of carbonyl (C=O) groups is 1. The van der Waals surface area contributed by atoms with Crippen molar-refractivity contribution in [2.45, 2.75) is 26.4 Å². The van der Waals surface area contributed by atoms with Gasteiger partial charge in [0.2, 0.25) is 0 Å². The molecule has 0 aliphatic carbocycles. The number of rotatable bonds is 6. The van der Waals surface area contributed by atoms with Crippen molar-refractivity contribution in [1.29, 1.82) is 0 Å². The Kier molecular flexibility index (Phi) is 4.93. The summed E-state index contributed by atoms with van der Waals surface area (Å²) in [5.74, 6) is -0.789. The van der Waals surface area contributed by atoms with Gasteiger partial charge in [-0.25, -0.2) is 0 Å². The summed E-state index contributed by atoms with van der Waals surface area (Å²) in [7, 11) is 2.10. The molecule has 0 radical (unpaired) electrons. The summed E-state index contributed by atoms with van der Waals surface area (Å²) in [5.41, 5.74) is 3.40. The second-order valence-corrected chi connectivity index (χ2v) is 6.09. The van der Waals surface area contributed by atoms with E-state index < -0.39 is 5.97 Å². The molecule has 0 atom stereocenters. The average molecular weight is 289 g/mol. The molecule has 2 aromatic rings. The van der Waals surface area contributed by atoms with Crippen LogP contribution in [0.3, 0.4) is 0 Å². The Labute approximate surface area is 123 Å². The summed E-state index contributed by atoms with van der Waals surface area (Å²) in [6.45, 7) is 3.95. The van der Waals surface area contributed by atoms with Gasteiger partial charge in [-0.2, -0.15) is 0 Å². The molecule has 1 N–H and O–H groups in total. The van der Waals surface area contributed by atoms with Gasteiger partial charge in [-0.15, -0.1) is 11.3 Å². The zero-order valence-corrected chi connectivity index (χ0v) is 12.6. The van der Waals surface area contributed by atoms with Crippen LogP contribution in [-0.4, -0.2) is 23.0 Å². The van der Waals surface area contributed by atoms with Crippen LogP contribution in [0, 0.1) is 6.92 Å². The highest BCUT2D eigenvalue weighted by Gasteiger charge is 2.06. The van der Waals surface area contributed by atoms with Gasteiger partial charge >= 0.3 is 5.97 Å². The lowest BCUT2D eigenvalue weighted by Crippen LogP contribution is -2.17. The third-order valence-electron chi connectivity index (χ3n) is 3.21. The van der Waals surface area contributed by atoms with Crippen molar-refractivity contribution in [3.05, 3.63) is 57.3 Å². The second-order valence-electron chi connectivity index (χ2n) is 5.09. The fourth-order valence-electron chi connectivity index (χ4n) is 2.12. The van der Waals surface area contributed by atoms with E-state index in [1.807, 2.05) is 24.3 Å². The molecule has 1 aromatic carbocycles. The van der Waals surface area contributed by atoms with E-state index in [9.17, 15) is 4.79 Å². The highest BCUT2D eigenvalue weighted by molar-refractivity contribution is 7.10. The number of carboxylic acid groups (broad SMARTS) is 1. The monoisotopic (exact) mass is 289 g/mol. The van der Waals surface area contributed by atoms with Gasteiger partial charge in [0, 0.05) is 18.0 Å². The van der Waals surface area contributed by atoms with Crippen molar-refractivity contribution in [3.8, 4) is 0 Å². The van der Waals surface area contributed by atoms with Gasteiger partial charge in [0.15, 0.2) is 0 Å². The molecule has 1 aromatic heterocycles. The number of aliphatic carboxylic acids is 1. The summed E-state index contributed by atoms with van der Waals surface area (Å²) in [5, 5.41) is 10.9. The number of nitrogens with zero attached hydrogens (tertiary/aromatic N) is 1. The minimum atomic E-state index is -0.789. The number of hydrogen-bond acceptors (Lipinski definition) is 3. The van der Waals surface area contributed by atoms with Crippen LogP contribution in [0.4, 0.5) is 0 Å². The summed E-state index contributed by atoms with van der Waals surface area (Å²) < 4.78 is 0. The van der Waals surface area contributed by atoms with Crippen LogP contribution in [0.25, 0.3) is 0 Å². The summed E-state index contributed by atoms with van der Waals surface area (Å²) in [4.78, 5) is 14.3. The van der Waals surface area contributed by atoms with Crippen LogP contribution >= 0.6 is 11.3 Å². The molecule has 3 nitrogen and oxygen atoms in total. The van der Waals surface area contributed by atoms with Crippen LogP contribution < -0.4 is 0 Å². The minimum absolute atomic E-state index is 0.0878. The van der Waals surface area contributed by atoms with Crippen LogP contribution in [-0.2, 0) is 24.3 Å². The van der Waals surface area contributed by atoms with E-state index >= 15 is 0 Å². The number of thiophene rings is 1. The quantitative estimate of drug-likeness (QED) is 0.887. The molecule has 0 unspecified atom stereocenters. The van der Waals surface area contributed by atoms with E-state index in [2.05, 4.69) is 30.3 Å². The van der Waals surface area contributed by atoms with Gasteiger partial charge in [0.25, 0.3) is 0 Å². The molecule has 0 spiro atoms. The fourth-order valence-corrected chi connectivity index (χ4v) is 3.10. The van der Waals surface area contributed by atoms with Crippen LogP contribution in [0.2, 0.25) is 0 Å². The zero-order chi connectivity index (χ0) is 14.5. The molecular weight excluding hydrogens is 270 g/mol. The Balaban J connectivity index is 1.92. The summed E-state index contributed by atoms with van der Waals surface area (Å²) in [6.07, 6.45) is 0.0878. The predicted octanol–water partition coefficient (Wildman–Crippen LogP) is 3.32. The average Bonchev–Trinajstić information content (AvgIpc) is 2.77. The molecule has 106 valence electrons. The van der Waals surface area contributed by atoms with Gasteiger partial charge in [-0.1, -0.05) is 24.3 Å². The van der Waals surface area contributed by atoms with Crippen molar-refractivity contribution in [3.63, 3.8) is 0 Å². The van der Waals surface area contributed by atoms with Crippen LogP contribution in [0.15, 0.2) is 35.7 Å². The van der Waals surface area contributed by atoms with Gasteiger partial charge in [0.1, 0.15) is 0 Å².